The molecule has 0 aromatic rings. The zero-order chi connectivity index (χ0) is 15.2. The first-order chi connectivity index (χ1) is 8.71. The Hall–Kier alpha value is -1.92. The first-order valence-electron chi connectivity index (χ1n) is 5.88. The molecule has 0 bridgehead atoms. The third kappa shape index (κ3) is 4.04. The van der Waals surface area contributed by atoms with Crippen LogP contribution in [0.4, 0.5) is 0 Å². The molecule has 2 atom stereocenters. The standard InChI is InChI=1S/C12H18O7/c1-4-8(10(15)16)12(5-2,11(17)18)19-9(14)6-7(3)13/h8H,4-6H2,1-3H3,(H,15,16)(H,17,18)/t8?,12-/m0/s1. The second kappa shape index (κ2) is 6.86. The molecule has 0 aromatic heterocycles. The fourth-order valence-corrected chi connectivity index (χ4v) is 1.88. The number of carbonyl (C=O) groups is 4. The lowest BCUT2D eigenvalue weighted by Gasteiger charge is -2.32. The van der Waals surface area contributed by atoms with Gasteiger partial charge < -0.3 is 14.9 Å². The highest BCUT2D eigenvalue weighted by molar-refractivity contribution is 5.96. The molecule has 7 heteroatoms. The van der Waals surface area contributed by atoms with Crippen molar-refractivity contribution in [3.05, 3.63) is 0 Å². The first kappa shape index (κ1) is 17.1. The van der Waals surface area contributed by atoms with Gasteiger partial charge in [-0.2, -0.15) is 0 Å². The smallest absolute Gasteiger partial charge is 0.349 e. The number of rotatable bonds is 8. The summed E-state index contributed by atoms with van der Waals surface area (Å²) in [6, 6.07) is 0. The maximum Gasteiger partial charge on any atom is 0.349 e. The molecule has 0 aliphatic rings. The third-order valence-electron chi connectivity index (χ3n) is 2.85. The summed E-state index contributed by atoms with van der Waals surface area (Å²) in [5.74, 6) is -5.77. The lowest BCUT2D eigenvalue weighted by molar-refractivity contribution is -0.191. The van der Waals surface area contributed by atoms with Crippen LogP contribution in [-0.4, -0.2) is 39.5 Å². The molecule has 0 saturated carbocycles. The number of carbonyl (C=O) groups excluding carboxylic acids is 2. The molecule has 0 spiro atoms. The van der Waals surface area contributed by atoms with E-state index in [1.807, 2.05) is 0 Å². The molecule has 0 radical (unpaired) electrons. The normalized spacial score (nSPS) is 15.1. The van der Waals surface area contributed by atoms with Crippen LogP contribution in [0.1, 0.15) is 40.0 Å². The molecule has 7 nitrogen and oxygen atoms in total. The SMILES string of the molecule is CCC(C(=O)O)[C@](CC)(OC(=O)CC(C)=O)C(=O)O. The number of carboxylic acid groups (broad SMARTS) is 2. The average Bonchev–Trinajstić information content (AvgIpc) is 2.26. The van der Waals surface area contributed by atoms with Gasteiger partial charge >= 0.3 is 17.9 Å². The Balaban J connectivity index is 5.40. The summed E-state index contributed by atoms with van der Waals surface area (Å²) >= 11 is 0. The van der Waals surface area contributed by atoms with Crippen LogP contribution in [-0.2, 0) is 23.9 Å². The van der Waals surface area contributed by atoms with Gasteiger partial charge in [-0.1, -0.05) is 13.8 Å². The van der Waals surface area contributed by atoms with Crippen molar-refractivity contribution in [1.29, 1.82) is 0 Å². The van der Waals surface area contributed by atoms with E-state index in [2.05, 4.69) is 0 Å². The minimum Gasteiger partial charge on any atom is -0.481 e. The van der Waals surface area contributed by atoms with Gasteiger partial charge in [-0.15, -0.1) is 0 Å². The van der Waals surface area contributed by atoms with E-state index in [4.69, 9.17) is 9.84 Å². The maximum atomic E-state index is 11.5. The lowest BCUT2D eigenvalue weighted by atomic mass is 9.82. The third-order valence-corrected chi connectivity index (χ3v) is 2.85. The highest BCUT2D eigenvalue weighted by Crippen LogP contribution is 2.30. The Kier molecular flexibility index (Phi) is 6.17. The van der Waals surface area contributed by atoms with Gasteiger partial charge in [-0.25, -0.2) is 4.79 Å². The van der Waals surface area contributed by atoms with E-state index in [-0.39, 0.29) is 12.8 Å². The molecule has 0 amide bonds. The molecule has 0 aliphatic carbocycles. The number of ether oxygens (including phenoxy) is 1. The molecule has 1 unspecified atom stereocenters. The molecular weight excluding hydrogens is 256 g/mol. The van der Waals surface area contributed by atoms with Gasteiger partial charge in [0.2, 0.25) is 5.60 Å². The molecule has 0 aliphatic heterocycles. The molecule has 0 rings (SSSR count). The van der Waals surface area contributed by atoms with Crippen LogP contribution >= 0.6 is 0 Å². The van der Waals surface area contributed by atoms with Crippen molar-refractivity contribution in [2.24, 2.45) is 5.92 Å². The van der Waals surface area contributed by atoms with Gasteiger partial charge in [-0.3, -0.25) is 14.4 Å². The topological polar surface area (TPSA) is 118 Å². The minimum absolute atomic E-state index is 0.0111. The molecule has 0 aromatic carbocycles. The molecule has 19 heavy (non-hydrogen) atoms. The number of ketones is 1. The summed E-state index contributed by atoms with van der Waals surface area (Å²) in [4.78, 5) is 44.8. The van der Waals surface area contributed by atoms with Crippen molar-refractivity contribution in [2.75, 3.05) is 0 Å². The predicted octanol–water partition coefficient (Wildman–Crippen LogP) is 0.853. The zero-order valence-corrected chi connectivity index (χ0v) is 11.1. The molecule has 0 fully saturated rings. The highest BCUT2D eigenvalue weighted by Gasteiger charge is 2.51. The van der Waals surface area contributed by atoms with E-state index in [1.54, 1.807) is 0 Å². The van der Waals surface area contributed by atoms with Crippen molar-refractivity contribution in [3.8, 4) is 0 Å². The van der Waals surface area contributed by atoms with Crippen molar-refractivity contribution in [1.82, 2.24) is 0 Å². The average molecular weight is 274 g/mol. The summed E-state index contributed by atoms with van der Waals surface area (Å²) in [6.45, 7) is 4.07. The molecular formula is C12H18O7. The van der Waals surface area contributed by atoms with Crippen LogP contribution < -0.4 is 0 Å². The molecule has 0 heterocycles. The van der Waals surface area contributed by atoms with Crippen molar-refractivity contribution in [2.45, 2.75) is 45.6 Å². The van der Waals surface area contributed by atoms with Gasteiger partial charge in [0.05, 0.1) is 0 Å². The zero-order valence-electron chi connectivity index (χ0n) is 11.1. The van der Waals surface area contributed by atoms with Gasteiger partial charge in [0.1, 0.15) is 18.1 Å². The summed E-state index contributed by atoms with van der Waals surface area (Å²) < 4.78 is 4.83. The fraction of sp³-hybridized carbons (Fsp3) is 0.667. The van der Waals surface area contributed by atoms with Gasteiger partial charge in [0.15, 0.2) is 0 Å². The second-order valence-electron chi connectivity index (χ2n) is 4.20. The quantitative estimate of drug-likeness (QED) is 0.497. The predicted molar refractivity (Wildman–Crippen MR) is 63.5 cm³/mol. The van der Waals surface area contributed by atoms with E-state index in [1.165, 1.54) is 13.8 Å². The van der Waals surface area contributed by atoms with Crippen molar-refractivity contribution >= 4 is 23.7 Å². The van der Waals surface area contributed by atoms with Crippen molar-refractivity contribution < 1.29 is 34.1 Å². The highest BCUT2D eigenvalue weighted by atomic mass is 16.6. The number of hydrogen-bond acceptors (Lipinski definition) is 5. The lowest BCUT2D eigenvalue weighted by Crippen LogP contribution is -2.52. The van der Waals surface area contributed by atoms with E-state index < -0.39 is 41.6 Å². The second-order valence-corrected chi connectivity index (χ2v) is 4.20. The summed E-state index contributed by atoms with van der Waals surface area (Å²) in [5.41, 5.74) is -2.15. The number of hydrogen-bond donors (Lipinski definition) is 2. The molecule has 108 valence electrons. The Labute approximate surface area is 110 Å². The number of aliphatic carboxylic acids is 2. The van der Waals surface area contributed by atoms with E-state index in [0.717, 1.165) is 6.92 Å². The number of Topliss-reactive ketones (excluding diaryl/α,β-unsaturated/α-hetero) is 1. The Bertz CT molecular complexity index is 388. The molecule has 0 saturated heterocycles. The molecule has 2 N–H and O–H groups in total. The van der Waals surface area contributed by atoms with Crippen LogP contribution in [0.25, 0.3) is 0 Å². The van der Waals surface area contributed by atoms with Gasteiger partial charge in [-0.05, 0) is 19.8 Å². The van der Waals surface area contributed by atoms with Gasteiger partial charge in [0.25, 0.3) is 0 Å². The Morgan fingerprint density at radius 2 is 1.68 bits per heavy atom. The fourth-order valence-electron chi connectivity index (χ4n) is 1.88. The maximum absolute atomic E-state index is 11.5. The first-order valence-corrected chi connectivity index (χ1v) is 5.88. The van der Waals surface area contributed by atoms with E-state index in [0.29, 0.717) is 0 Å². The summed E-state index contributed by atoms with van der Waals surface area (Å²) in [5, 5.41) is 18.3. The van der Waals surface area contributed by atoms with Crippen LogP contribution in [0, 0.1) is 5.92 Å². The van der Waals surface area contributed by atoms with Crippen LogP contribution in [0.3, 0.4) is 0 Å². The van der Waals surface area contributed by atoms with E-state index >= 15 is 0 Å². The number of carboxylic acids is 2. The van der Waals surface area contributed by atoms with Crippen LogP contribution in [0.2, 0.25) is 0 Å². The number of esters is 1. The Morgan fingerprint density at radius 1 is 1.16 bits per heavy atom. The van der Waals surface area contributed by atoms with E-state index in [9.17, 15) is 24.3 Å². The Morgan fingerprint density at radius 3 is 1.95 bits per heavy atom. The van der Waals surface area contributed by atoms with Crippen LogP contribution in [0.15, 0.2) is 0 Å². The van der Waals surface area contributed by atoms with Crippen molar-refractivity contribution in [3.63, 3.8) is 0 Å². The van der Waals surface area contributed by atoms with Gasteiger partial charge in [0, 0.05) is 0 Å². The summed E-state index contributed by atoms with van der Waals surface area (Å²) in [6.07, 6.45) is -0.787. The minimum atomic E-state index is -2.15. The largest absolute Gasteiger partial charge is 0.481 e. The van der Waals surface area contributed by atoms with Crippen LogP contribution in [0.5, 0.6) is 0 Å². The monoisotopic (exact) mass is 274 g/mol. The summed E-state index contributed by atoms with van der Waals surface area (Å²) in [7, 11) is 0.